The molecule has 0 aromatic heterocycles. The molecule has 4 amide bonds. The lowest BCUT2D eigenvalue weighted by molar-refractivity contribution is -0.150. The molecule has 0 bridgehead atoms. The van der Waals surface area contributed by atoms with Crippen LogP contribution in [0.2, 0.25) is 0 Å². The number of rotatable bonds is 14. The Balaban J connectivity index is 1.55. The summed E-state index contributed by atoms with van der Waals surface area (Å²) < 4.78 is 30.9. The van der Waals surface area contributed by atoms with Crippen molar-refractivity contribution in [2.24, 2.45) is 5.92 Å². The van der Waals surface area contributed by atoms with Crippen LogP contribution in [0.3, 0.4) is 0 Å². The fraction of sp³-hybridized carbons (Fsp3) is 0.583. The highest BCUT2D eigenvalue weighted by molar-refractivity contribution is 5.96. The van der Waals surface area contributed by atoms with E-state index in [1.807, 2.05) is 6.08 Å². The van der Waals surface area contributed by atoms with Crippen LogP contribution in [0.25, 0.3) is 0 Å². The molecule has 13 heteroatoms. The number of nitrogens with one attached hydrogen (secondary N) is 2. The number of likely N-dealkylation sites (tertiary alicyclic amines) is 1. The van der Waals surface area contributed by atoms with Crippen molar-refractivity contribution < 1.29 is 42.6 Å². The second kappa shape index (κ2) is 15.9. The van der Waals surface area contributed by atoms with E-state index in [-0.39, 0.29) is 45.0 Å². The monoisotopic (exact) mass is 684 g/mol. The molecule has 5 atom stereocenters. The quantitative estimate of drug-likeness (QED) is 0.122. The van der Waals surface area contributed by atoms with E-state index in [1.165, 1.54) is 15.9 Å². The Hall–Kier alpha value is -4.42. The number of esters is 1. The fourth-order valence-corrected chi connectivity index (χ4v) is 6.39. The van der Waals surface area contributed by atoms with Crippen LogP contribution in [0.4, 0.5) is 14.0 Å². The zero-order valence-electron chi connectivity index (χ0n) is 28.9. The number of ether oxygens (including phenoxy) is 3. The summed E-state index contributed by atoms with van der Waals surface area (Å²) in [7, 11) is 0. The molecule has 1 saturated carbocycles. The van der Waals surface area contributed by atoms with Gasteiger partial charge in [-0.15, -0.1) is 13.2 Å². The van der Waals surface area contributed by atoms with Gasteiger partial charge in [0.05, 0.1) is 19.7 Å². The summed E-state index contributed by atoms with van der Waals surface area (Å²) >= 11 is 0. The maximum absolute atomic E-state index is 14.4. The number of hydrogen-bond donors (Lipinski definition) is 2. The van der Waals surface area contributed by atoms with Crippen molar-refractivity contribution in [3.8, 4) is 0 Å². The zero-order valence-corrected chi connectivity index (χ0v) is 28.9. The van der Waals surface area contributed by atoms with Gasteiger partial charge in [-0.2, -0.15) is 0 Å². The van der Waals surface area contributed by atoms with Crippen molar-refractivity contribution in [1.29, 1.82) is 0 Å². The van der Waals surface area contributed by atoms with Gasteiger partial charge in [-0.25, -0.2) is 18.8 Å². The molecule has 0 radical (unpaired) electrons. The molecule has 4 rings (SSSR count). The predicted molar refractivity (Wildman–Crippen MR) is 178 cm³/mol. The van der Waals surface area contributed by atoms with Gasteiger partial charge in [0.15, 0.2) is 0 Å². The van der Waals surface area contributed by atoms with Crippen LogP contribution in [0, 0.1) is 11.7 Å². The number of nitrogens with zero attached hydrogens (tertiary/aromatic N) is 2. The zero-order chi connectivity index (χ0) is 35.9. The standard InChI is InChI=1S/C36H49FN4O8/c1-7-10-11-12-13-17-28(38-33(45)49-35(4,5)6)31(43)41-21-25(48-34(46)40-20-23-15-14-16-27(37)26(23)22-40)18-29(41)30(42)39-36(19-24(36)8-2)32(44)47-9-3/h7-8,14-16,24-25,28-29H,1-2,9-13,17-22H2,3-6H3,(H,38,45)(H,39,42)/t24-,25-,28+,29+,36-/m1/s1. The first-order valence-electron chi connectivity index (χ1n) is 17.0. The van der Waals surface area contributed by atoms with Gasteiger partial charge in [-0.3, -0.25) is 14.5 Å². The first-order chi connectivity index (χ1) is 23.2. The SMILES string of the molecule is C=CCCCCC[C@H](NC(=O)OC(C)(C)C)C(=O)N1C[C@H](OC(=O)N2Cc3cccc(F)c3C2)C[C@H]1C(=O)N[C@]1(C(=O)OCC)C[C@H]1C=C. The first kappa shape index (κ1) is 37.4. The van der Waals surface area contributed by atoms with Crippen molar-refractivity contribution in [2.45, 2.75) is 115 Å². The van der Waals surface area contributed by atoms with Gasteiger partial charge >= 0.3 is 18.2 Å². The first-order valence-corrected chi connectivity index (χ1v) is 17.0. The molecule has 268 valence electrons. The summed E-state index contributed by atoms with van der Waals surface area (Å²) in [5.74, 6) is -2.54. The highest BCUT2D eigenvalue weighted by Gasteiger charge is 2.62. The molecule has 3 aliphatic rings. The van der Waals surface area contributed by atoms with Crippen LogP contribution < -0.4 is 10.6 Å². The summed E-state index contributed by atoms with van der Waals surface area (Å²) in [4.78, 5) is 69.9. The molecule has 2 heterocycles. The maximum atomic E-state index is 14.4. The molecular weight excluding hydrogens is 635 g/mol. The lowest BCUT2D eigenvalue weighted by atomic mass is 10.0. The molecule has 49 heavy (non-hydrogen) atoms. The minimum Gasteiger partial charge on any atom is -0.464 e. The summed E-state index contributed by atoms with van der Waals surface area (Å²) in [5.41, 5.74) is -1.05. The Kier molecular flexibility index (Phi) is 12.1. The summed E-state index contributed by atoms with van der Waals surface area (Å²) in [6.45, 7) is 14.4. The predicted octanol–water partition coefficient (Wildman–Crippen LogP) is 4.90. The summed E-state index contributed by atoms with van der Waals surface area (Å²) in [6.07, 6.45) is 4.53. The van der Waals surface area contributed by atoms with E-state index < -0.39 is 65.1 Å². The Bertz CT molecular complexity index is 1440. The van der Waals surface area contributed by atoms with Gasteiger partial charge in [0.1, 0.15) is 35.1 Å². The second-order valence-corrected chi connectivity index (χ2v) is 13.8. The van der Waals surface area contributed by atoms with Gasteiger partial charge in [-0.05, 0) is 65.0 Å². The van der Waals surface area contributed by atoms with E-state index in [2.05, 4.69) is 23.8 Å². The molecule has 12 nitrogen and oxygen atoms in total. The number of carbonyl (C=O) groups excluding carboxylic acids is 5. The number of unbranched alkanes of at least 4 members (excludes halogenated alkanes) is 3. The topological polar surface area (TPSA) is 144 Å². The highest BCUT2D eigenvalue weighted by atomic mass is 19.1. The number of carbonyl (C=O) groups is 5. The molecule has 1 aromatic rings. The normalized spacial score (nSPS) is 23.2. The third-order valence-electron chi connectivity index (χ3n) is 8.98. The highest BCUT2D eigenvalue weighted by Crippen LogP contribution is 2.45. The van der Waals surface area contributed by atoms with E-state index in [1.54, 1.807) is 45.9 Å². The lowest BCUT2D eigenvalue weighted by Gasteiger charge is -2.30. The Labute approximate surface area is 287 Å². The van der Waals surface area contributed by atoms with Crippen LogP contribution in [0.1, 0.15) is 83.8 Å². The maximum Gasteiger partial charge on any atom is 0.410 e. The van der Waals surface area contributed by atoms with Gasteiger partial charge in [0.2, 0.25) is 11.8 Å². The van der Waals surface area contributed by atoms with Crippen molar-refractivity contribution >= 4 is 30.0 Å². The van der Waals surface area contributed by atoms with Crippen molar-refractivity contribution in [2.75, 3.05) is 13.2 Å². The summed E-state index contributed by atoms with van der Waals surface area (Å²) in [6, 6.07) is 2.47. The third-order valence-corrected chi connectivity index (χ3v) is 8.98. The molecule has 2 fully saturated rings. The molecule has 1 aromatic carbocycles. The van der Waals surface area contributed by atoms with E-state index in [0.717, 1.165) is 19.3 Å². The van der Waals surface area contributed by atoms with Crippen LogP contribution >= 0.6 is 0 Å². The number of hydrogen-bond acceptors (Lipinski definition) is 8. The lowest BCUT2D eigenvalue weighted by Crippen LogP contribution is -2.56. The Morgan fingerprint density at radius 2 is 1.88 bits per heavy atom. The molecule has 0 spiro atoms. The number of halogens is 1. The van der Waals surface area contributed by atoms with E-state index >= 15 is 0 Å². The number of benzene rings is 1. The Morgan fingerprint density at radius 1 is 1.12 bits per heavy atom. The number of alkyl carbamates (subject to hydrolysis) is 1. The van der Waals surface area contributed by atoms with E-state index in [4.69, 9.17) is 14.2 Å². The van der Waals surface area contributed by atoms with Crippen LogP contribution in [-0.2, 0) is 41.7 Å². The molecule has 2 N–H and O–H groups in total. The number of allylic oxidation sites excluding steroid dienone is 1. The van der Waals surface area contributed by atoms with Gasteiger partial charge in [0, 0.05) is 24.4 Å². The average Bonchev–Trinajstić information content (AvgIpc) is 3.34. The molecule has 1 aliphatic carbocycles. The second-order valence-electron chi connectivity index (χ2n) is 13.8. The van der Waals surface area contributed by atoms with Crippen LogP contribution in [0.5, 0.6) is 0 Å². The average molecular weight is 685 g/mol. The van der Waals surface area contributed by atoms with E-state index in [0.29, 0.717) is 24.0 Å². The molecule has 1 saturated heterocycles. The molecule has 0 unspecified atom stereocenters. The van der Waals surface area contributed by atoms with Gasteiger partial charge in [0.25, 0.3) is 0 Å². The smallest absolute Gasteiger partial charge is 0.410 e. The minimum atomic E-state index is -1.32. The molecule has 2 aliphatic heterocycles. The van der Waals surface area contributed by atoms with Crippen molar-refractivity contribution in [1.82, 2.24) is 20.4 Å². The van der Waals surface area contributed by atoms with E-state index in [9.17, 15) is 28.4 Å². The third kappa shape index (κ3) is 9.18. The number of amides is 4. The minimum absolute atomic E-state index is 0.0266. The fourth-order valence-electron chi connectivity index (χ4n) is 6.39. The van der Waals surface area contributed by atoms with Crippen molar-refractivity contribution in [3.05, 3.63) is 60.5 Å². The van der Waals surface area contributed by atoms with Gasteiger partial charge in [-0.1, -0.05) is 37.1 Å². The van der Waals surface area contributed by atoms with Gasteiger partial charge < -0.3 is 29.7 Å². The number of fused-ring (bicyclic) bond motifs is 1. The van der Waals surface area contributed by atoms with Crippen LogP contribution in [-0.4, -0.2) is 82.2 Å². The summed E-state index contributed by atoms with van der Waals surface area (Å²) in [5, 5.41) is 5.50. The largest absolute Gasteiger partial charge is 0.464 e. The Morgan fingerprint density at radius 3 is 2.51 bits per heavy atom. The molecular formula is C36H49FN4O8. The van der Waals surface area contributed by atoms with Crippen LogP contribution in [0.15, 0.2) is 43.5 Å². The van der Waals surface area contributed by atoms with Crippen molar-refractivity contribution in [3.63, 3.8) is 0 Å².